The van der Waals surface area contributed by atoms with Crippen molar-refractivity contribution in [1.82, 2.24) is 0 Å². The number of nitrogens with zero attached hydrogens (tertiary/aromatic N) is 1. The molecule has 0 aromatic heterocycles. The van der Waals surface area contributed by atoms with Gasteiger partial charge in [-0.2, -0.15) is 0 Å². The fourth-order valence-electron chi connectivity index (χ4n) is 5.73. The van der Waals surface area contributed by atoms with Crippen molar-refractivity contribution in [3.8, 4) is 0 Å². The maximum absolute atomic E-state index is 12.7. The average molecular weight is 783 g/mol. The minimum Gasteiger partial charge on any atom is -0.477 e. The minimum absolute atomic E-state index is 0.0302. The summed E-state index contributed by atoms with van der Waals surface area (Å²) in [6.07, 6.45) is 49.2. The number of hydrogen-bond acceptors (Lipinski definition) is 6. The summed E-state index contributed by atoms with van der Waals surface area (Å²) in [5.74, 6) is -1.57. The van der Waals surface area contributed by atoms with E-state index >= 15 is 0 Å². The van der Waals surface area contributed by atoms with Crippen molar-refractivity contribution in [2.75, 3.05) is 41.0 Å². The van der Waals surface area contributed by atoms with Gasteiger partial charge in [-0.1, -0.05) is 144 Å². The Kier molecular flexibility index (Phi) is 36.0. The summed E-state index contributed by atoms with van der Waals surface area (Å²) in [6.45, 7) is 4.48. The molecule has 0 heterocycles. The highest BCUT2D eigenvalue weighted by Crippen LogP contribution is 2.12. The van der Waals surface area contributed by atoms with Gasteiger partial charge < -0.3 is 23.8 Å². The molecule has 0 aromatic carbocycles. The Morgan fingerprint density at radius 3 is 1.68 bits per heavy atom. The second-order valence-corrected chi connectivity index (χ2v) is 15.3. The van der Waals surface area contributed by atoms with Crippen LogP contribution in [0.4, 0.5) is 0 Å². The molecule has 0 bridgehead atoms. The molecule has 0 aliphatic rings. The number of carbonyl (C=O) groups is 3. The Balaban J connectivity index is 4.49. The number of carboxylic acid groups (broad SMARTS) is 1. The number of carbonyl (C=O) groups excluding carboxylic acids is 2. The van der Waals surface area contributed by atoms with Crippen molar-refractivity contribution in [2.45, 2.75) is 161 Å². The molecule has 0 radical (unpaired) electrons. The van der Waals surface area contributed by atoms with Crippen molar-refractivity contribution in [2.24, 2.45) is 0 Å². The van der Waals surface area contributed by atoms with E-state index in [9.17, 15) is 19.5 Å². The van der Waals surface area contributed by atoms with Gasteiger partial charge in [0, 0.05) is 19.3 Å². The number of likely N-dealkylation sites (N-methyl/N-ethyl adjacent to an activating group) is 1. The molecule has 318 valence electrons. The van der Waals surface area contributed by atoms with Gasteiger partial charge in [0.25, 0.3) is 0 Å². The van der Waals surface area contributed by atoms with E-state index in [2.05, 4.69) is 98.9 Å². The molecule has 0 aliphatic heterocycles. The number of quaternary nitrogens is 1. The third-order valence-electron chi connectivity index (χ3n) is 9.09. The summed E-state index contributed by atoms with van der Waals surface area (Å²) in [5, 5.41) is 9.61. The number of hydrogen-bond donors (Lipinski definition) is 1. The van der Waals surface area contributed by atoms with Crippen molar-refractivity contribution >= 4 is 17.9 Å². The SMILES string of the molecule is CC/C=C/C=C/C=C/CCCCCCCCCC(=O)OCC(COCCC(C(=O)O)[N+](C)(C)C)OC(=O)CCC/C=C/C/C=C/C/C=C/C/C=C/CCCCC. The highest BCUT2D eigenvalue weighted by molar-refractivity contribution is 5.72. The lowest BCUT2D eigenvalue weighted by molar-refractivity contribution is -0.887. The average Bonchev–Trinajstić information content (AvgIpc) is 3.15. The predicted molar refractivity (Wildman–Crippen MR) is 233 cm³/mol. The number of carboxylic acids is 1. The van der Waals surface area contributed by atoms with Gasteiger partial charge >= 0.3 is 17.9 Å². The first-order chi connectivity index (χ1) is 27.1. The third kappa shape index (κ3) is 36.2. The van der Waals surface area contributed by atoms with Gasteiger partial charge in [-0.25, -0.2) is 4.79 Å². The maximum Gasteiger partial charge on any atom is 0.362 e. The van der Waals surface area contributed by atoms with E-state index in [0.717, 1.165) is 64.2 Å². The predicted octanol–water partition coefficient (Wildman–Crippen LogP) is 11.7. The highest BCUT2D eigenvalue weighted by Gasteiger charge is 2.31. The number of unbranched alkanes of at least 4 members (excludes halogenated alkanes) is 11. The minimum atomic E-state index is -0.889. The topological polar surface area (TPSA) is 99.1 Å². The monoisotopic (exact) mass is 783 g/mol. The van der Waals surface area contributed by atoms with E-state index in [1.54, 1.807) is 0 Å². The van der Waals surface area contributed by atoms with Crippen molar-refractivity contribution in [3.05, 3.63) is 85.1 Å². The number of aliphatic carboxylic acids is 1. The second kappa shape index (κ2) is 38.4. The van der Waals surface area contributed by atoms with E-state index in [0.29, 0.717) is 19.3 Å². The Bertz CT molecular complexity index is 1190. The molecule has 0 aliphatic carbocycles. The van der Waals surface area contributed by atoms with Gasteiger partial charge in [0.2, 0.25) is 0 Å². The van der Waals surface area contributed by atoms with Crippen LogP contribution < -0.4 is 0 Å². The van der Waals surface area contributed by atoms with Crippen molar-refractivity contribution in [1.29, 1.82) is 0 Å². The number of ether oxygens (including phenoxy) is 3. The lowest BCUT2D eigenvalue weighted by atomic mass is 10.1. The number of esters is 2. The standard InChI is InChI=1S/C48H79NO7/c1-6-8-10-12-14-16-18-20-22-23-25-27-29-31-33-35-37-39-47(51)56-44(42-54-41-40-45(48(52)53)49(3,4)5)43-55-46(50)38-36-34-32-30-28-26-24-21-19-17-15-13-11-9-7-2/h9,11,13-17,19-20,22,25,27,31,33,44-45H,6-8,10,12,18,21,23-24,26,28-30,32,34-43H2,1-5H3/p+1/b11-9+,15-13+,16-14+,19-17+,22-20+,27-25+,33-31+. The summed E-state index contributed by atoms with van der Waals surface area (Å²) < 4.78 is 17.2. The van der Waals surface area contributed by atoms with Crippen LogP contribution >= 0.6 is 0 Å². The van der Waals surface area contributed by atoms with Gasteiger partial charge in [0.15, 0.2) is 12.1 Å². The first kappa shape index (κ1) is 52.5. The van der Waals surface area contributed by atoms with Gasteiger partial charge in [-0.3, -0.25) is 9.59 Å². The third-order valence-corrected chi connectivity index (χ3v) is 9.09. The summed E-state index contributed by atoms with van der Waals surface area (Å²) >= 11 is 0. The van der Waals surface area contributed by atoms with Crippen LogP contribution in [-0.4, -0.2) is 80.6 Å². The normalized spacial score (nSPS) is 13.8. The molecular weight excluding hydrogens is 703 g/mol. The Morgan fingerprint density at radius 1 is 0.571 bits per heavy atom. The van der Waals surface area contributed by atoms with Gasteiger partial charge in [0.05, 0.1) is 34.4 Å². The van der Waals surface area contributed by atoms with E-state index in [-0.39, 0.29) is 42.7 Å². The molecule has 0 spiro atoms. The van der Waals surface area contributed by atoms with Gasteiger partial charge in [-0.05, 0) is 70.6 Å². The molecule has 0 amide bonds. The van der Waals surface area contributed by atoms with E-state index < -0.39 is 18.1 Å². The molecule has 0 saturated heterocycles. The molecule has 56 heavy (non-hydrogen) atoms. The summed E-state index contributed by atoms with van der Waals surface area (Å²) in [7, 11) is 5.49. The molecule has 1 N–H and O–H groups in total. The van der Waals surface area contributed by atoms with Crippen molar-refractivity contribution in [3.63, 3.8) is 0 Å². The van der Waals surface area contributed by atoms with Crippen molar-refractivity contribution < 1.29 is 38.2 Å². The maximum atomic E-state index is 12.7. The second-order valence-electron chi connectivity index (χ2n) is 15.3. The van der Waals surface area contributed by atoms with Gasteiger partial charge in [-0.15, -0.1) is 0 Å². The van der Waals surface area contributed by atoms with Crippen LogP contribution in [-0.2, 0) is 28.6 Å². The highest BCUT2D eigenvalue weighted by atomic mass is 16.6. The summed E-state index contributed by atoms with van der Waals surface area (Å²) in [6, 6.07) is -0.630. The first-order valence-corrected chi connectivity index (χ1v) is 21.7. The lowest BCUT2D eigenvalue weighted by Crippen LogP contribution is -2.50. The lowest BCUT2D eigenvalue weighted by Gasteiger charge is -2.31. The Hall–Kier alpha value is -3.49. The first-order valence-electron chi connectivity index (χ1n) is 21.7. The summed E-state index contributed by atoms with van der Waals surface area (Å²) in [5.41, 5.74) is 0. The van der Waals surface area contributed by atoms with Gasteiger partial charge in [0.1, 0.15) is 6.61 Å². The van der Waals surface area contributed by atoms with Crippen LogP contribution in [0.5, 0.6) is 0 Å². The zero-order valence-corrected chi connectivity index (χ0v) is 36.1. The molecule has 2 atom stereocenters. The Morgan fingerprint density at radius 2 is 1.09 bits per heavy atom. The van der Waals surface area contributed by atoms with Crippen LogP contribution in [0.3, 0.4) is 0 Å². The fraction of sp³-hybridized carbons (Fsp3) is 0.646. The molecule has 0 aromatic rings. The molecule has 0 saturated carbocycles. The molecule has 0 fully saturated rings. The fourth-order valence-corrected chi connectivity index (χ4v) is 5.73. The molecular formula is C48H80NO7+. The summed E-state index contributed by atoms with van der Waals surface area (Å²) in [4.78, 5) is 36.9. The molecule has 8 nitrogen and oxygen atoms in total. The van der Waals surface area contributed by atoms with E-state index in [4.69, 9.17) is 14.2 Å². The number of allylic oxidation sites excluding steroid dienone is 14. The van der Waals surface area contributed by atoms with Crippen LogP contribution in [0, 0.1) is 0 Å². The van der Waals surface area contributed by atoms with Crippen LogP contribution in [0.15, 0.2) is 85.1 Å². The smallest absolute Gasteiger partial charge is 0.362 e. The zero-order chi connectivity index (χ0) is 41.4. The van der Waals surface area contributed by atoms with Crippen LogP contribution in [0.25, 0.3) is 0 Å². The largest absolute Gasteiger partial charge is 0.477 e. The molecule has 2 unspecified atom stereocenters. The molecule has 8 heteroatoms. The van der Waals surface area contributed by atoms with Crippen LogP contribution in [0.1, 0.15) is 149 Å². The van der Waals surface area contributed by atoms with E-state index in [1.807, 2.05) is 21.1 Å². The molecule has 0 rings (SSSR count). The van der Waals surface area contributed by atoms with E-state index in [1.165, 1.54) is 44.9 Å². The number of rotatable bonds is 37. The zero-order valence-electron chi connectivity index (χ0n) is 36.1. The quantitative estimate of drug-likeness (QED) is 0.0220. The Labute approximate surface area is 342 Å². The van der Waals surface area contributed by atoms with Crippen LogP contribution in [0.2, 0.25) is 0 Å².